The van der Waals surface area contributed by atoms with Crippen LogP contribution in [0.15, 0.2) is 0 Å². The number of hydrogen-bond acceptors (Lipinski definition) is 2. The Morgan fingerprint density at radius 2 is 1.58 bits per heavy atom. The molecule has 0 saturated heterocycles. The van der Waals surface area contributed by atoms with E-state index in [2.05, 4.69) is 4.74 Å². The summed E-state index contributed by atoms with van der Waals surface area (Å²) in [4.78, 5) is 9.79. The molecule has 12 heavy (non-hydrogen) atoms. The van der Waals surface area contributed by atoms with Crippen molar-refractivity contribution in [2.75, 3.05) is 6.61 Å². The first-order valence-corrected chi connectivity index (χ1v) is 2.70. The van der Waals surface area contributed by atoms with Crippen molar-refractivity contribution in [1.29, 1.82) is 0 Å². The topological polar surface area (TPSA) is 26.3 Å². The van der Waals surface area contributed by atoms with E-state index in [9.17, 15) is 26.7 Å². The molecular weight excluding hydrogens is 187 g/mol. The van der Waals surface area contributed by atoms with Gasteiger partial charge >= 0.3 is 12.6 Å². The predicted molar refractivity (Wildman–Crippen MR) is 29.7 cm³/mol. The molecule has 0 aromatic rings. The summed E-state index contributed by atoms with van der Waals surface area (Å²) in [5, 5.41) is 0. The molecule has 0 aliphatic heterocycles. The highest BCUT2D eigenvalue weighted by Gasteiger charge is 2.02. The highest BCUT2D eigenvalue weighted by molar-refractivity contribution is 5.65. The van der Waals surface area contributed by atoms with E-state index in [1.165, 1.54) is 0 Å². The van der Waals surface area contributed by atoms with Gasteiger partial charge in [-0.25, -0.2) is 8.78 Å². The fraction of sp³-hybridized carbons (Fsp3) is 0.800. The van der Waals surface area contributed by atoms with Crippen molar-refractivity contribution in [2.45, 2.75) is 20.0 Å². The molecule has 0 aliphatic carbocycles. The molecule has 0 aromatic heterocycles. The molecule has 0 N–H and O–H groups in total. The van der Waals surface area contributed by atoms with Crippen molar-refractivity contribution >= 4 is 5.97 Å². The summed E-state index contributed by atoms with van der Waals surface area (Å²) in [6, 6.07) is 0. The van der Waals surface area contributed by atoms with Crippen molar-refractivity contribution in [3.8, 4) is 0 Å². The minimum absolute atomic E-state index is 0.676. The summed E-state index contributed by atoms with van der Waals surface area (Å²) < 4.78 is 55.2. The first-order chi connectivity index (χ1) is 5.36. The van der Waals surface area contributed by atoms with E-state index in [1.54, 1.807) is 0 Å². The van der Waals surface area contributed by atoms with Crippen LogP contribution in [-0.4, -0.2) is 25.7 Å². The summed E-state index contributed by atoms with van der Waals surface area (Å²) in [5.74, 6) is -0.676. The van der Waals surface area contributed by atoms with Gasteiger partial charge in [-0.2, -0.15) is 13.2 Å². The summed E-state index contributed by atoms with van der Waals surface area (Å²) >= 11 is 0. The van der Waals surface area contributed by atoms with E-state index in [0.717, 1.165) is 6.92 Å². The Kier molecular flexibility index (Phi) is 9.38. The monoisotopic (exact) mass is 194 g/mol. The van der Waals surface area contributed by atoms with Crippen LogP contribution in [0.5, 0.6) is 0 Å². The summed E-state index contributed by atoms with van der Waals surface area (Å²) in [7, 11) is 0. The van der Waals surface area contributed by atoms with Crippen LogP contribution in [-0.2, 0) is 9.53 Å². The number of alkyl halides is 5. The molecule has 0 unspecified atom stereocenters. The smallest absolute Gasteiger partial charge is 0.379 e. The molecule has 0 radical (unpaired) electrons. The van der Waals surface area contributed by atoms with Crippen molar-refractivity contribution < 1.29 is 31.5 Å². The van der Waals surface area contributed by atoms with Gasteiger partial charge in [0.15, 0.2) is 6.61 Å². The Bertz CT molecular complexity index is 114. The maximum Gasteiger partial charge on any atom is 0.379 e. The van der Waals surface area contributed by atoms with Crippen LogP contribution < -0.4 is 0 Å². The Balaban J connectivity index is 0. The quantitative estimate of drug-likeness (QED) is 0.496. The van der Waals surface area contributed by atoms with Gasteiger partial charge in [-0.15, -0.1) is 0 Å². The van der Waals surface area contributed by atoms with Crippen LogP contribution in [0.3, 0.4) is 0 Å². The molecule has 0 atom stereocenters. The Morgan fingerprint density at radius 3 is 1.67 bits per heavy atom. The summed E-state index contributed by atoms with van der Waals surface area (Å²) in [6.07, 6.45) is -2.56. The largest absolute Gasteiger partial charge is 0.460 e. The first-order valence-electron chi connectivity index (χ1n) is 2.70. The molecule has 0 saturated carbocycles. The average Bonchev–Trinajstić information content (AvgIpc) is 1.82. The number of halogens is 5. The van der Waals surface area contributed by atoms with Gasteiger partial charge in [0.1, 0.15) is 0 Å². The molecule has 0 rings (SSSR count). The van der Waals surface area contributed by atoms with E-state index in [0.29, 0.717) is 0 Å². The zero-order chi connectivity index (χ0) is 10.1. The second-order valence-electron chi connectivity index (χ2n) is 1.44. The predicted octanol–water partition coefficient (Wildman–Crippen LogP) is 1.99. The normalized spacial score (nSPS) is 9.33. The van der Waals surface area contributed by atoms with Crippen LogP contribution in [0.4, 0.5) is 22.0 Å². The molecule has 74 valence electrons. The molecule has 0 bridgehead atoms. The van der Waals surface area contributed by atoms with Gasteiger partial charge in [-0.3, -0.25) is 4.79 Å². The second kappa shape index (κ2) is 8.22. The molecule has 0 aliphatic rings. The van der Waals surface area contributed by atoms with Crippen molar-refractivity contribution in [1.82, 2.24) is 0 Å². The molecule has 0 fully saturated rings. The third-order valence-corrected chi connectivity index (χ3v) is 0.413. The first kappa shape index (κ1) is 13.7. The van der Waals surface area contributed by atoms with E-state index < -0.39 is 25.7 Å². The van der Waals surface area contributed by atoms with Crippen molar-refractivity contribution in [3.63, 3.8) is 0 Å². The Labute approximate surface area is 65.3 Å². The fourth-order valence-electron chi connectivity index (χ4n) is 0.180. The fourth-order valence-corrected chi connectivity index (χ4v) is 0.180. The molecular formula is C5H7F5O2. The summed E-state index contributed by atoms with van der Waals surface area (Å²) in [6.45, 7) is -3.38. The number of esters is 1. The minimum Gasteiger partial charge on any atom is -0.460 e. The zero-order valence-electron chi connectivity index (χ0n) is 6.07. The lowest BCUT2D eigenvalue weighted by Crippen LogP contribution is -2.07. The minimum atomic E-state index is -3.67. The third-order valence-electron chi connectivity index (χ3n) is 0.413. The highest BCUT2D eigenvalue weighted by Crippen LogP contribution is 1.91. The Hall–Kier alpha value is -0.880. The lowest BCUT2D eigenvalue weighted by molar-refractivity contribution is -0.144. The molecule has 0 aromatic carbocycles. The third kappa shape index (κ3) is 35.4. The van der Waals surface area contributed by atoms with Gasteiger partial charge < -0.3 is 4.74 Å². The number of hydrogen-bond donors (Lipinski definition) is 0. The van der Waals surface area contributed by atoms with Gasteiger partial charge in [0.05, 0.1) is 0 Å². The zero-order valence-corrected chi connectivity index (χ0v) is 6.07. The molecule has 7 heteroatoms. The molecule has 2 nitrogen and oxygen atoms in total. The van der Waals surface area contributed by atoms with Crippen molar-refractivity contribution in [2.24, 2.45) is 0 Å². The van der Waals surface area contributed by atoms with Crippen LogP contribution in [0.1, 0.15) is 6.92 Å². The SMILES string of the molecule is CC(=O)OCC(F)F.FC(F)F. The van der Waals surface area contributed by atoms with E-state index >= 15 is 0 Å². The van der Waals surface area contributed by atoms with Gasteiger partial charge in [0.25, 0.3) is 6.43 Å². The van der Waals surface area contributed by atoms with Gasteiger partial charge in [-0.05, 0) is 0 Å². The van der Waals surface area contributed by atoms with E-state index in [-0.39, 0.29) is 0 Å². The Morgan fingerprint density at radius 1 is 1.25 bits per heavy atom. The molecule has 0 spiro atoms. The average molecular weight is 194 g/mol. The van der Waals surface area contributed by atoms with Crippen LogP contribution in [0.25, 0.3) is 0 Å². The van der Waals surface area contributed by atoms with Crippen LogP contribution in [0, 0.1) is 0 Å². The maximum atomic E-state index is 11.1. The van der Waals surface area contributed by atoms with Gasteiger partial charge in [0.2, 0.25) is 0 Å². The van der Waals surface area contributed by atoms with E-state index in [1.807, 2.05) is 0 Å². The lowest BCUT2D eigenvalue weighted by Gasteiger charge is -1.96. The van der Waals surface area contributed by atoms with Gasteiger partial charge in [-0.1, -0.05) is 0 Å². The second-order valence-corrected chi connectivity index (χ2v) is 1.44. The van der Waals surface area contributed by atoms with E-state index in [4.69, 9.17) is 0 Å². The van der Waals surface area contributed by atoms with Crippen molar-refractivity contribution in [3.05, 3.63) is 0 Å². The molecule has 0 heterocycles. The summed E-state index contributed by atoms with van der Waals surface area (Å²) in [5.41, 5.74) is 0. The van der Waals surface area contributed by atoms with Crippen LogP contribution >= 0.6 is 0 Å². The highest BCUT2D eigenvalue weighted by atomic mass is 19.4. The maximum absolute atomic E-state index is 11.1. The van der Waals surface area contributed by atoms with Gasteiger partial charge in [0, 0.05) is 6.92 Å². The van der Waals surface area contributed by atoms with Crippen LogP contribution in [0.2, 0.25) is 0 Å². The lowest BCUT2D eigenvalue weighted by atomic mass is 10.7. The number of carbonyl (C=O) groups is 1. The number of carbonyl (C=O) groups excluding carboxylic acids is 1. The number of rotatable bonds is 2. The number of ether oxygens (including phenoxy) is 1. The molecule has 0 amide bonds. The standard InChI is InChI=1S/C4H6F2O2.CHF3/c1-3(7)8-2-4(5)6;2-1(3)4/h4H,2H2,1H3;1H.